The molecule has 1 heterocycles. The SMILES string of the molecule is CC(C)COCCOc1nccnc1Cl. The first-order valence-corrected chi connectivity index (χ1v) is 5.25. The lowest BCUT2D eigenvalue weighted by Gasteiger charge is -2.08. The van der Waals surface area contributed by atoms with E-state index in [1.165, 1.54) is 12.4 Å². The summed E-state index contributed by atoms with van der Waals surface area (Å²) in [5, 5.41) is 0.279. The zero-order valence-electron chi connectivity index (χ0n) is 8.94. The van der Waals surface area contributed by atoms with Crippen LogP contribution < -0.4 is 4.74 Å². The van der Waals surface area contributed by atoms with Gasteiger partial charge in [-0.1, -0.05) is 25.4 Å². The van der Waals surface area contributed by atoms with E-state index in [0.29, 0.717) is 25.0 Å². The molecule has 0 saturated heterocycles. The first kappa shape index (κ1) is 12.2. The van der Waals surface area contributed by atoms with Crippen molar-refractivity contribution in [2.75, 3.05) is 19.8 Å². The van der Waals surface area contributed by atoms with Gasteiger partial charge in [0.2, 0.25) is 0 Å². The molecular weight excluding hydrogens is 216 g/mol. The van der Waals surface area contributed by atoms with Crippen molar-refractivity contribution in [3.8, 4) is 5.88 Å². The van der Waals surface area contributed by atoms with Gasteiger partial charge in [0.25, 0.3) is 5.88 Å². The van der Waals surface area contributed by atoms with Gasteiger partial charge in [-0.05, 0) is 5.92 Å². The Morgan fingerprint density at radius 2 is 2.00 bits per heavy atom. The van der Waals surface area contributed by atoms with Crippen LogP contribution in [0.4, 0.5) is 0 Å². The van der Waals surface area contributed by atoms with Gasteiger partial charge in [0.15, 0.2) is 5.15 Å². The van der Waals surface area contributed by atoms with E-state index in [2.05, 4.69) is 23.8 Å². The van der Waals surface area contributed by atoms with Gasteiger partial charge in [-0.25, -0.2) is 9.97 Å². The molecule has 1 aromatic heterocycles. The van der Waals surface area contributed by atoms with E-state index in [0.717, 1.165) is 6.61 Å². The largest absolute Gasteiger partial charge is 0.473 e. The van der Waals surface area contributed by atoms with E-state index in [4.69, 9.17) is 21.1 Å². The summed E-state index contributed by atoms with van der Waals surface area (Å²) in [5.41, 5.74) is 0. The average Bonchev–Trinajstić information content (AvgIpc) is 2.20. The Bertz CT molecular complexity index is 295. The van der Waals surface area contributed by atoms with Gasteiger partial charge in [0.1, 0.15) is 6.61 Å². The van der Waals surface area contributed by atoms with Crippen LogP contribution in [0.2, 0.25) is 5.15 Å². The monoisotopic (exact) mass is 230 g/mol. The van der Waals surface area contributed by atoms with Gasteiger partial charge in [-0.3, -0.25) is 0 Å². The summed E-state index contributed by atoms with van der Waals surface area (Å²) >= 11 is 5.75. The number of hydrogen-bond donors (Lipinski definition) is 0. The van der Waals surface area contributed by atoms with Gasteiger partial charge in [-0.2, -0.15) is 0 Å². The standard InChI is InChI=1S/C10H15ClN2O2/c1-8(2)7-14-5-6-15-10-9(11)12-3-4-13-10/h3-4,8H,5-7H2,1-2H3. The molecule has 0 aliphatic heterocycles. The number of aromatic nitrogens is 2. The Morgan fingerprint density at radius 3 is 2.67 bits per heavy atom. The van der Waals surface area contributed by atoms with E-state index in [9.17, 15) is 0 Å². The first-order chi connectivity index (χ1) is 7.20. The average molecular weight is 231 g/mol. The zero-order valence-corrected chi connectivity index (χ0v) is 9.70. The maximum absolute atomic E-state index is 5.75. The highest BCUT2D eigenvalue weighted by Crippen LogP contribution is 2.16. The van der Waals surface area contributed by atoms with E-state index in [1.54, 1.807) is 0 Å². The summed E-state index contributed by atoms with van der Waals surface area (Å²) in [6, 6.07) is 0. The van der Waals surface area contributed by atoms with Crippen LogP contribution in [0.3, 0.4) is 0 Å². The van der Waals surface area contributed by atoms with Crippen molar-refractivity contribution in [1.29, 1.82) is 0 Å². The summed E-state index contributed by atoms with van der Waals surface area (Å²) in [4.78, 5) is 7.78. The fourth-order valence-corrected chi connectivity index (χ4v) is 1.08. The number of rotatable bonds is 6. The molecule has 0 unspecified atom stereocenters. The second-order valence-corrected chi connectivity index (χ2v) is 3.83. The molecule has 0 atom stereocenters. The third-order valence-corrected chi connectivity index (χ3v) is 1.80. The Balaban J connectivity index is 2.18. The van der Waals surface area contributed by atoms with Gasteiger partial charge >= 0.3 is 0 Å². The van der Waals surface area contributed by atoms with Crippen LogP contribution in [-0.2, 0) is 4.74 Å². The fourth-order valence-electron chi connectivity index (χ4n) is 0.921. The molecule has 0 aromatic carbocycles. The Hall–Kier alpha value is -0.870. The van der Waals surface area contributed by atoms with Crippen LogP contribution in [0.25, 0.3) is 0 Å². The molecule has 1 rings (SSSR count). The fraction of sp³-hybridized carbons (Fsp3) is 0.600. The number of nitrogens with zero attached hydrogens (tertiary/aromatic N) is 2. The minimum absolute atomic E-state index is 0.279. The van der Waals surface area contributed by atoms with Crippen molar-refractivity contribution in [3.05, 3.63) is 17.5 Å². The number of hydrogen-bond acceptors (Lipinski definition) is 4. The topological polar surface area (TPSA) is 44.2 Å². The molecule has 0 aliphatic carbocycles. The van der Waals surface area contributed by atoms with Crippen molar-refractivity contribution in [2.45, 2.75) is 13.8 Å². The van der Waals surface area contributed by atoms with Crippen LogP contribution in [0.15, 0.2) is 12.4 Å². The Labute approximate surface area is 94.6 Å². The summed E-state index contributed by atoms with van der Waals surface area (Å²) in [5.74, 6) is 0.886. The first-order valence-electron chi connectivity index (χ1n) is 4.87. The normalized spacial score (nSPS) is 10.7. The molecule has 4 nitrogen and oxygen atoms in total. The lowest BCUT2D eigenvalue weighted by molar-refractivity contribution is 0.0805. The van der Waals surface area contributed by atoms with E-state index in [1.807, 2.05) is 0 Å². The highest BCUT2D eigenvalue weighted by Gasteiger charge is 2.02. The number of ether oxygens (including phenoxy) is 2. The second-order valence-electron chi connectivity index (χ2n) is 3.47. The van der Waals surface area contributed by atoms with Gasteiger partial charge in [0.05, 0.1) is 6.61 Å². The lowest BCUT2D eigenvalue weighted by Crippen LogP contribution is -2.11. The molecule has 15 heavy (non-hydrogen) atoms. The van der Waals surface area contributed by atoms with E-state index < -0.39 is 0 Å². The molecule has 0 bridgehead atoms. The third kappa shape index (κ3) is 4.95. The molecule has 0 aliphatic rings. The number of halogens is 1. The van der Waals surface area contributed by atoms with Gasteiger partial charge < -0.3 is 9.47 Å². The molecular formula is C10H15ClN2O2. The van der Waals surface area contributed by atoms with Crippen LogP contribution in [0.5, 0.6) is 5.88 Å². The minimum Gasteiger partial charge on any atom is -0.473 e. The molecule has 5 heteroatoms. The molecule has 0 saturated carbocycles. The van der Waals surface area contributed by atoms with Crippen LogP contribution in [0, 0.1) is 5.92 Å². The van der Waals surface area contributed by atoms with Crippen molar-refractivity contribution >= 4 is 11.6 Å². The molecule has 0 spiro atoms. The smallest absolute Gasteiger partial charge is 0.252 e. The van der Waals surface area contributed by atoms with Crippen molar-refractivity contribution < 1.29 is 9.47 Å². The van der Waals surface area contributed by atoms with Gasteiger partial charge in [0, 0.05) is 19.0 Å². The van der Waals surface area contributed by atoms with E-state index >= 15 is 0 Å². The van der Waals surface area contributed by atoms with E-state index in [-0.39, 0.29) is 5.15 Å². The summed E-state index contributed by atoms with van der Waals surface area (Å²) in [6.45, 7) is 5.90. The minimum atomic E-state index is 0.279. The van der Waals surface area contributed by atoms with Crippen LogP contribution in [-0.4, -0.2) is 29.8 Å². The van der Waals surface area contributed by atoms with Crippen molar-refractivity contribution in [3.63, 3.8) is 0 Å². The molecule has 0 radical (unpaired) electrons. The Kier molecular flexibility index (Phi) is 5.36. The van der Waals surface area contributed by atoms with Gasteiger partial charge in [-0.15, -0.1) is 0 Å². The molecule has 0 N–H and O–H groups in total. The summed E-state index contributed by atoms with van der Waals surface area (Å²) < 4.78 is 10.6. The lowest BCUT2D eigenvalue weighted by atomic mass is 10.2. The maximum atomic E-state index is 5.75. The van der Waals surface area contributed by atoms with Crippen molar-refractivity contribution in [1.82, 2.24) is 9.97 Å². The highest BCUT2D eigenvalue weighted by molar-refractivity contribution is 6.30. The third-order valence-electron chi connectivity index (χ3n) is 1.54. The van der Waals surface area contributed by atoms with Crippen LogP contribution in [0.1, 0.15) is 13.8 Å². The molecule has 0 amide bonds. The molecule has 1 aromatic rings. The summed E-state index contributed by atoms with van der Waals surface area (Å²) in [6.07, 6.45) is 3.06. The van der Waals surface area contributed by atoms with Crippen LogP contribution >= 0.6 is 11.6 Å². The Morgan fingerprint density at radius 1 is 1.27 bits per heavy atom. The predicted molar refractivity (Wildman–Crippen MR) is 58.2 cm³/mol. The predicted octanol–water partition coefficient (Wildman–Crippen LogP) is 2.18. The van der Waals surface area contributed by atoms with Crippen molar-refractivity contribution in [2.24, 2.45) is 5.92 Å². The highest BCUT2D eigenvalue weighted by atomic mass is 35.5. The molecule has 84 valence electrons. The second kappa shape index (κ2) is 6.58. The summed E-state index contributed by atoms with van der Waals surface area (Å²) in [7, 11) is 0. The quantitative estimate of drug-likeness (QED) is 0.703. The molecule has 0 fully saturated rings. The maximum Gasteiger partial charge on any atom is 0.252 e. The zero-order chi connectivity index (χ0) is 11.1.